The van der Waals surface area contributed by atoms with Crippen molar-refractivity contribution in [3.63, 3.8) is 0 Å². The molecule has 0 spiro atoms. The van der Waals surface area contributed by atoms with Gasteiger partial charge >= 0.3 is 0 Å². The largest absolute Gasteiger partial charge is 0.381 e. The van der Waals surface area contributed by atoms with Gasteiger partial charge in [-0.25, -0.2) is 0 Å². The van der Waals surface area contributed by atoms with Gasteiger partial charge in [0.25, 0.3) is 0 Å². The van der Waals surface area contributed by atoms with E-state index in [1.807, 2.05) is 0 Å². The summed E-state index contributed by atoms with van der Waals surface area (Å²) in [4.78, 5) is 24.0. The van der Waals surface area contributed by atoms with Crippen LogP contribution in [0, 0.1) is 11.8 Å². The van der Waals surface area contributed by atoms with Crippen LogP contribution >= 0.6 is 0 Å². The Bertz CT molecular complexity index is 332. The van der Waals surface area contributed by atoms with Crippen LogP contribution in [-0.2, 0) is 14.3 Å². The van der Waals surface area contributed by atoms with Gasteiger partial charge in [-0.1, -0.05) is 19.3 Å². The fourth-order valence-corrected chi connectivity index (χ4v) is 3.25. The number of hydrogen-bond donors (Lipinski definition) is 2. The van der Waals surface area contributed by atoms with Crippen LogP contribution in [0.5, 0.6) is 0 Å². The molecule has 0 saturated heterocycles. The monoisotopic (exact) mass is 282 g/mol. The summed E-state index contributed by atoms with van der Waals surface area (Å²) >= 11 is 0. The fourth-order valence-electron chi connectivity index (χ4n) is 3.25. The number of methoxy groups -OCH3 is 1. The maximum absolute atomic E-state index is 12.0. The molecule has 0 aromatic rings. The summed E-state index contributed by atoms with van der Waals surface area (Å²) < 4.78 is 5.30. The van der Waals surface area contributed by atoms with Gasteiger partial charge in [-0.3, -0.25) is 20.4 Å². The Balaban J connectivity index is 1.68. The SMILES string of the molecule is COC1CCC(C(=O)NNC(=O)C2CCCCC2)CC1. The second-order valence-corrected chi connectivity index (χ2v) is 6.02. The van der Waals surface area contributed by atoms with Gasteiger partial charge in [0.2, 0.25) is 11.8 Å². The molecular weight excluding hydrogens is 256 g/mol. The first-order valence-electron chi connectivity index (χ1n) is 7.83. The van der Waals surface area contributed by atoms with Gasteiger partial charge in [0, 0.05) is 18.9 Å². The Morgan fingerprint density at radius 2 is 1.30 bits per heavy atom. The Labute approximate surface area is 120 Å². The van der Waals surface area contributed by atoms with Crippen LogP contribution in [0.1, 0.15) is 57.8 Å². The summed E-state index contributed by atoms with van der Waals surface area (Å²) in [6, 6.07) is 0. The van der Waals surface area contributed by atoms with Crippen LogP contribution in [0.4, 0.5) is 0 Å². The molecule has 2 aliphatic carbocycles. The summed E-state index contributed by atoms with van der Waals surface area (Å²) in [7, 11) is 1.72. The molecule has 20 heavy (non-hydrogen) atoms. The zero-order valence-electron chi connectivity index (χ0n) is 12.3. The number of nitrogens with one attached hydrogen (secondary N) is 2. The van der Waals surface area contributed by atoms with Crippen molar-refractivity contribution in [3.8, 4) is 0 Å². The standard InChI is InChI=1S/C15H26N2O3/c1-20-13-9-7-12(8-10-13)15(19)17-16-14(18)11-5-3-2-4-6-11/h11-13H,2-10H2,1H3,(H,16,18)(H,17,19). The second-order valence-electron chi connectivity index (χ2n) is 6.02. The summed E-state index contributed by atoms with van der Waals surface area (Å²) in [5, 5.41) is 0. The van der Waals surface area contributed by atoms with Gasteiger partial charge in [-0.05, 0) is 38.5 Å². The molecule has 2 aliphatic rings. The summed E-state index contributed by atoms with van der Waals surface area (Å²) in [5.41, 5.74) is 5.21. The number of amides is 2. The topological polar surface area (TPSA) is 67.4 Å². The van der Waals surface area contributed by atoms with Crippen LogP contribution in [0.15, 0.2) is 0 Å². The van der Waals surface area contributed by atoms with E-state index in [0.717, 1.165) is 51.4 Å². The van der Waals surface area contributed by atoms with Crippen LogP contribution in [0.25, 0.3) is 0 Å². The first-order chi connectivity index (χ1) is 9.70. The maximum atomic E-state index is 12.0. The average Bonchev–Trinajstić information content (AvgIpc) is 2.53. The fraction of sp³-hybridized carbons (Fsp3) is 0.867. The number of hydrogen-bond acceptors (Lipinski definition) is 3. The average molecular weight is 282 g/mol. The number of rotatable bonds is 3. The number of carbonyl (C=O) groups excluding carboxylic acids is 2. The lowest BCUT2D eigenvalue weighted by atomic mass is 9.87. The molecule has 2 rings (SSSR count). The van der Waals surface area contributed by atoms with Gasteiger partial charge in [0.05, 0.1) is 6.10 Å². The number of hydrazine groups is 1. The lowest BCUT2D eigenvalue weighted by Crippen LogP contribution is -2.47. The molecule has 0 bridgehead atoms. The number of carbonyl (C=O) groups is 2. The molecule has 0 aliphatic heterocycles. The highest BCUT2D eigenvalue weighted by Crippen LogP contribution is 2.26. The van der Waals surface area contributed by atoms with E-state index in [0.29, 0.717) is 0 Å². The smallest absolute Gasteiger partial charge is 0.241 e. The highest BCUT2D eigenvalue weighted by molar-refractivity contribution is 5.84. The van der Waals surface area contributed by atoms with Crippen molar-refractivity contribution in [2.24, 2.45) is 11.8 Å². The predicted octanol–water partition coefficient (Wildman–Crippen LogP) is 1.92. The molecule has 0 radical (unpaired) electrons. The van der Waals surface area contributed by atoms with Crippen molar-refractivity contribution in [2.45, 2.75) is 63.9 Å². The van der Waals surface area contributed by atoms with Crippen molar-refractivity contribution >= 4 is 11.8 Å². The molecule has 0 aromatic heterocycles. The Kier molecular flexibility index (Phi) is 5.83. The van der Waals surface area contributed by atoms with Gasteiger partial charge in [-0.2, -0.15) is 0 Å². The second kappa shape index (κ2) is 7.62. The van der Waals surface area contributed by atoms with E-state index < -0.39 is 0 Å². The minimum atomic E-state index is -0.0521. The molecule has 2 fully saturated rings. The minimum absolute atomic E-state index is 0.00746. The van der Waals surface area contributed by atoms with Gasteiger partial charge in [0.1, 0.15) is 0 Å². The van der Waals surface area contributed by atoms with Gasteiger partial charge in [0.15, 0.2) is 0 Å². The lowest BCUT2D eigenvalue weighted by Gasteiger charge is -2.27. The quantitative estimate of drug-likeness (QED) is 0.777. The third-order valence-corrected chi connectivity index (χ3v) is 4.66. The molecule has 0 unspecified atom stereocenters. The van der Waals surface area contributed by atoms with E-state index in [1.165, 1.54) is 6.42 Å². The third-order valence-electron chi connectivity index (χ3n) is 4.66. The first-order valence-corrected chi connectivity index (χ1v) is 7.83. The first kappa shape index (κ1) is 15.3. The third kappa shape index (κ3) is 4.20. The van der Waals surface area contributed by atoms with Crippen molar-refractivity contribution < 1.29 is 14.3 Å². The van der Waals surface area contributed by atoms with Gasteiger partial charge in [-0.15, -0.1) is 0 Å². The minimum Gasteiger partial charge on any atom is -0.381 e. The lowest BCUT2D eigenvalue weighted by molar-refractivity contribution is -0.134. The maximum Gasteiger partial charge on any atom is 0.241 e. The summed E-state index contributed by atoms with van der Waals surface area (Å²) in [6.07, 6.45) is 9.15. The molecule has 114 valence electrons. The molecule has 5 nitrogen and oxygen atoms in total. The Morgan fingerprint density at radius 3 is 1.80 bits per heavy atom. The van der Waals surface area contributed by atoms with Crippen LogP contribution in [-0.4, -0.2) is 25.0 Å². The van der Waals surface area contributed by atoms with Crippen LogP contribution in [0.3, 0.4) is 0 Å². The van der Waals surface area contributed by atoms with E-state index >= 15 is 0 Å². The van der Waals surface area contributed by atoms with Crippen LogP contribution in [0.2, 0.25) is 0 Å². The highest BCUT2D eigenvalue weighted by Gasteiger charge is 2.27. The molecule has 2 amide bonds. The molecular formula is C15H26N2O3. The van der Waals surface area contributed by atoms with Crippen molar-refractivity contribution in [1.82, 2.24) is 10.9 Å². The van der Waals surface area contributed by atoms with Crippen molar-refractivity contribution in [2.75, 3.05) is 7.11 Å². The molecule has 2 N–H and O–H groups in total. The zero-order valence-corrected chi connectivity index (χ0v) is 12.3. The Hall–Kier alpha value is -1.10. The zero-order chi connectivity index (χ0) is 14.4. The van der Waals surface area contributed by atoms with Crippen molar-refractivity contribution in [1.29, 1.82) is 0 Å². The molecule has 0 heterocycles. The Morgan fingerprint density at radius 1 is 0.800 bits per heavy atom. The predicted molar refractivity (Wildman–Crippen MR) is 75.6 cm³/mol. The molecule has 0 atom stereocenters. The van der Waals surface area contributed by atoms with E-state index in [9.17, 15) is 9.59 Å². The molecule has 0 aromatic carbocycles. The van der Waals surface area contributed by atoms with Gasteiger partial charge < -0.3 is 4.74 Å². The summed E-state index contributed by atoms with van der Waals surface area (Å²) in [5.74, 6) is 0.00803. The number of ether oxygens (including phenoxy) is 1. The molecule has 5 heteroatoms. The molecule has 2 saturated carbocycles. The van der Waals surface area contributed by atoms with E-state index in [2.05, 4.69) is 10.9 Å². The van der Waals surface area contributed by atoms with Crippen molar-refractivity contribution in [3.05, 3.63) is 0 Å². The van der Waals surface area contributed by atoms with E-state index in [1.54, 1.807) is 7.11 Å². The highest BCUT2D eigenvalue weighted by atomic mass is 16.5. The van der Waals surface area contributed by atoms with Crippen LogP contribution < -0.4 is 10.9 Å². The summed E-state index contributed by atoms with van der Waals surface area (Å²) in [6.45, 7) is 0. The normalized spacial score (nSPS) is 27.9. The van der Waals surface area contributed by atoms with E-state index in [-0.39, 0.29) is 29.8 Å². The van der Waals surface area contributed by atoms with E-state index in [4.69, 9.17) is 4.74 Å².